The summed E-state index contributed by atoms with van der Waals surface area (Å²) in [6, 6.07) is 8.80. The molecule has 0 bridgehead atoms. The van der Waals surface area contributed by atoms with Gasteiger partial charge in [0, 0.05) is 31.5 Å². The van der Waals surface area contributed by atoms with E-state index in [0.717, 1.165) is 12.0 Å². The number of amides is 1. The Bertz CT molecular complexity index is 916. The monoisotopic (exact) mass is 375 g/mol. The zero-order chi connectivity index (χ0) is 18.9. The molecule has 1 amide bonds. The van der Waals surface area contributed by atoms with E-state index < -0.39 is 10.0 Å². The first kappa shape index (κ1) is 18.5. The van der Waals surface area contributed by atoms with Gasteiger partial charge in [-0.15, -0.1) is 0 Å². The maximum atomic E-state index is 12.7. The van der Waals surface area contributed by atoms with E-state index in [1.807, 2.05) is 25.1 Å². The summed E-state index contributed by atoms with van der Waals surface area (Å²) >= 11 is 0. The number of carbonyl (C=O) groups is 1. The molecule has 2 heterocycles. The molecule has 0 fully saturated rings. The molecule has 7 heteroatoms. The van der Waals surface area contributed by atoms with Crippen molar-refractivity contribution in [1.29, 1.82) is 0 Å². The minimum atomic E-state index is -3.74. The van der Waals surface area contributed by atoms with Gasteiger partial charge >= 0.3 is 0 Å². The number of sulfonamides is 1. The molecule has 0 spiro atoms. The fourth-order valence-electron chi connectivity index (χ4n) is 3.17. The molecule has 6 nitrogen and oxygen atoms in total. The fourth-order valence-corrected chi connectivity index (χ4v) is 4.26. The first-order valence-electron chi connectivity index (χ1n) is 8.91. The van der Waals surface area contributed by atoms with Crippen molar-refractivity contribution in [3.63, 3.8) is 0 Å². The second kappa shape index (κ2) is 7.15. The number of aryl methyl sites for hydroxylation is 1. The van der Waals surface area contributed by atoms with Gasteiger partial charge in [-0.1, -0.05) is 32.9 Å². The summed E-state index contributed by atoms with van der Waals surface area (Å²) in [5.74, 6) is 0.260. The van der Waals surface area contributed by atoms with Crippen LogP contribution in [-0.2, 0) is 23.0 Å². The number of aromatic nitrogens is 1. The van der Waals surface area contributed by atoms with Crippen molar-refractivity contribution in [2.45, 2.75) is 38.6 Å². The van der Waals surface area contributed by atoms with E-state index >= 15 is 0 Å². The molecule has 0 aliphatic carbocycles. The van der Waals surface area contributed by atoms with Gasteiger partial charge < -0.3 is 9.47 Å². The van der Waals surface area contributed by atoms with Crippen LogP contribution in [0.4, 0.5) is 5.69 Å². The van der Waals surface area contributed by atoms with Gasteiger partial charge in [0.1, 0.15) is 10.6 Å². The zero-order valence-corrected chi connectivity index (χ0v) is 16.2. The molecule has 0 saturated heterocycles. The van der Waals surface area contributed by atoms with Gasteiger partial charge in [0.15, 0.2) is 0 Å². The Morgan fingerprint density at radius 3 is 2.65 bits per heavy atom. The molecular formula is C19H25N3O3S. The van der Waals surface area contributed by atoms with Crippen molar-refractivity contribution in [2.75, 3.05) is 17.8 Å². The average molecular weight is 375 g/mol. The quantitative estimate of drug-likeness (QED) is 0.844. The molecule has 0 unspecified atom stereocenters. The SMILES string of the molecule is CCc1cccc(NS(=O)(=O)c2cc3n(c2)CCN(CC(C)C)C3=O)c1. The number of anilines is 1. The topological polar surface area (TPSA) is 71.4 Å². The molecule has 2 aromatic rings. The molecule has 0 saturated carbocycles. The number of hydrogen-bond acceptors (Lipinski definition) is 3. The minimum absolute atomic E-state index is 0.112. The van der Waals surface area contributed by atoms with Crippen LogP contribution in [0.3, 0.4) is 0 Å². The molecule has 0 radical (unpaired) electrons. The van der Waals surface area contributed by atoms with Crippen LogP contribution in [0.1, 0.15) is 36.8 Å². The van der Waals surface area contributed by atoms with Gasteiger partial charge in [-0.05, 0) is 36.1 Å². The van der Waals surface area contributed by atoms with E-state index in [1.165, 1.54) is 6.07 Å². The second-order valence-corrected chi connectivity index (χ2v) is 8.74. The summed E-state index contributed by atoms with van der Waals surface area (Å²) in [6.45, 7) is 8.02. The molecule has 1 N–H and O–H groups in total. The normalized spacial score (nSPS) is 14.6. The van der Waals surface area contributed by atoms with E-state index in [-0.39, 0.29) is 10.8 Å². The summed E-state index contributed by atoms with van der Waals surface area (Å²) in [5, 5.41) is 0. The van der Waals surface area contributed by atoms with Crippen LogP contribution < -0.4 is 4.72 Å². The van der Waals surface area contributed by atoms with Crippen molar-refractivity contribution < 1.29 is 13.2 Å². The van der Waals surface area contributed by atoms with Crippen LogP contribution >= 0.6 is 0 Å². The van der Waals surface area contributed by atoms with Gasteiger partial charge in [-0.25, -0.2) is 8.42 Å². The Balaban J connectivity index is 1.85. The number of hydrogen-bond donors (Lipinski definition) is 1. The average Bonchev–Trinajstić information content (AvgIpc) is 3.03. The van der Waals surface area contributed by atoms with Crippen LogP contribution in [0.15, 0.2) is 41.4 Å². The second-order valence-electron chi connectivity index (χ2n) is 7.06. The molecule has 0 atom stereocenters. The van der Waals surface area contributed by atoms with E-state index in [4.69, 9.17) is 0 Å². The Kier molecular flexibility index (Phi) is 5.09. The van der Waals surface area contributed by atoms with E-state index in [9.17, 15) is 13.2 Å². The third-order valence-corrected chi connectivity index (χ3v) is 5.82. The van der Waals surface area contributed by atoms with Crippen LogP contribution in [0.5, 0.6) is 0 Å². The van der Waals surface area contributed by atoms with Gasteiger partial charge in [0.2, 0.25) is 0 Å². The van der Waals surface area contributed by atoms with Gasteiger partial charge in [0.05, 0.1) is 0 Å². The van der Waals surface area contributed by atoms with Gasteiger partial charge in [-0.3, -0.25) is 9.52 Å². The highest BCUT2D eigenvalue weighted by Crippen LogP contribution is 2.23. The molecule has 1 aliphatic heterocycles. The lowest BCUT2D eigenvalue weighted by Crippen LogP contribution is -2.41. The molecule has 140 valence electrons. The predicted octanol–water partition coefficient (Wildman–Crippen LogP) is 2.96. The van der Waals surface area contributed by atoms with Gasteiger partial charge in [-0.2, -0.15) is 0 Å². The van der Waals surface area contributed by atoms with E-state index in [0.29, 0.717) is 36.9 Å². The third kappa shape index (κ3) is 3.77. The first-order valence-corrected chi connectivity index (χ1v) is 10.4. The van der Waals surface area contributed by atoms with E-state index in [1.54, 1.807) is 21.7 Å². The number of fused-ring (bicyclic) bond motifs is 1. The summed E-state index contributed by atoms with van der Waals surface area (Å²) in [7, 11) is -3.74. The van der Waals surface area contributed by atoms with Crippen molar-refractivity contribution in [3.8, 4) is 0 Å². The minimum Gasteiger partial charge on any atom is -0.340 e. The standard InChI is InChI=1S/C19H25N3O3S/c1-4-15-6-5-7-16(10-15)20-26(24,25)17-11-18-19(23)22(12-14(2)3)9-8-21(18)13-17/h5-7,10-11,13-14,20H,4,8-9,12H2,1-3H3. The van der Waals surface area contributed by atoms with E-state index in [2.05, 4.69) is 18.6 Å². The molecule has 26 heavy (non-hydrogen) atoms. The Hall–Kier alpha value is -2.28. The van der Waals surface area contributed by atoms with Crippen LogP contribution in [0, 0.1) is 5.92 Å². The molecule has 3 rings (SSSR count). The molecule has 1 aliphatic rings. The Labute approximate surface area is 154 Å². The molecular weight excluding hydrogens is 350 g/mol. The lowest BCUT2D eigenvalue weighted by molar-refractivity contribution is 0.0683. The zero-order valence-electron chi connectivity index (χ0n) is 15.4. The Morgan fingerprint density at radius 1 is 1.19 bits per heavy atom. The van der Waals surface area contributed by atoms with Crippen molar-refractivity contribution in [3.05, 3.63) is 47.8 Å². The highest BCUT2D eigenvalue weighted by atomic mass is 32.2. The number of nitrogens with one attached hydrogen (secondary N) is 1. The third-order valence-electron chi connectivity index (χ3n) is 4.47. The largest absolute Gasteiger partial charge is 0.340 e. The predicted molar refractivity (Wildman–Crippen MR) is 102 cm³/mol. The fraction of sp³-hybridized carbons (Fsp3) is 0.421. The smallest absolute Gasteiger partial charge is 0.270 e. The number of nitrogens with zero attached hydrogens (tertiary/aromatic N) is 2. The first-order chi connectivity index (χ1) is 12.3. The molecule has 1 aromatic heterocycles. The number of rotatable bonds is 6. The van der Waals surface area contributed by atoms with Crippen molar-refractivity contribution in [2.24, 2.45) is 5.92 Å². The molecule has 1 aromatic carbocycles. The Morgan fingerprint density at radius 2 is 1.96 bits per heavy atom. The summed E-state index contributed by atoms with van der Waals surface area (Å²) < 4.78 is 29.8. The van der Waals surface area contributed by atoms with Crippen LogP contribution in [0.2, 0.25) is 0 Å². The van der Waals surface area contributed by atoms with Crippen LogP contribution in [-0.4, -0.2) is 36.9 Å². The van der Waals surface area contributed by atoms with Crippen LogP contribution in [0.25, 0.3) is 0 Å². The highest BCUT2D eigenvalue weighted by Gasteiger charge is 2.28. The summed E-state index contributed by atoms with van der Waals surface area (Å²) in [5.41, 5.74) is 2.02. The summed E-state index contributed by atoms with van der Waals surface area (Å²) in [6.07, 6.45) is 2.38. The van der Waals surface area contributed by atoms with Crippen molar-refractivity contribution >= 4 is 21.6 Å². The highest BCUT2D eigenvalue weighted by molar-refractivity contribution is 7.92. The summed E-state index contributed by atoms with van der Waals surface area (Å²) in [4.78, 5) is 14.5. The lowest BCUT2D eigenvalue weighted by atomic mass is 10.1. The maximum absolute atomic E-state index is 12.7. The van der Waals surface area contributed by atoms with Gasteiger partial charge in [0.25, 0.3) is 15.9 Å². The number of carbonyl (C=O) groups excluding carboxylic acids is 1. The van der Waals surface area contributed by atoms with Crippen molar-refractivity contribution in [1.82, 2.24) is 9.47 Å². The maximum Gasteiger partial charge on any atom is 0.270 e. The number of benzene rings is 1. The lowest BCUT2D eigenvalue weighted by Gasteiger charge is -2.29.